The summed E-state index contributed by atoms with van der Waals surface area (Å²) in [5, 5.41) is 12.1. The van der Waals surface area contributed by atoms with Crippen LogP contribution in [0.2, 0.25) is 5.02 Å². The molecule has 0 unspecified atom stereocenters. The van der Waals surface area contributed by atoms with Gasteiger partial charge in [-0.05, 0) is 30.7 Å². The molecule has 6 heteroatoms. The minimum absolute atomic E-state index is 0.0491. The molecule has 21 heavy (non-hydrogen) atoms. The van der Waals surface area contributed by atoms with Crippen LogP contribution in [0.5, 0.6) is 0 Å². The Bertz CT molecular complexity index is 719. The number of aromatic carboxylic acids is 1. The van der Waals surface area contributed by atoms with Gasteiger partial charge in [0.25, 0.3) is 0 Å². The normalized spacial score (nSPS) is 10.8. The maximum atomic E-state index is 11.8. The zero-order chi connectivity index (χ0) is 15.4. The first-order valence-electron chi connectivity index (χ1n) is 6.14. The van der Waals surface area contributed by atoms with Crippen molar-refractivity contribution in [2.45, 2.75) is 6.92 Å². The van der Waals surface area contributed by atoms with Crippen molar-refractivity contribution in [1.82, 2.24) is 4.98 Å². The molecule has 0 atom stereocenters. The van der Waals surface area contributed by atoms with Gasteiger partial charge in [-0.3, -0.25) is 4.79 Å². The number of carbonyl (C=O) groups is 2. The van der Waals surface area contributed by atoms with Crippen LogP contribution in [0.15, 0.2) is 36.4 Å². The van der Waals surface area contributed by atoms with Crippen LogP contribution in [-0.2, 0) is 4.79 Å². The van der Waals surface area contributed by atoms with E-state index >= 15 is 0 Å². The van der Waals surface area contributed by atoms with Gasteiger partial charge in [-0.15, -0.1) is 0 Å². The van der Waals surface area contributed by atoms with E-state index in [1.807, 2.05) is 6.07 Å². The van der Waals surface area contributed by atoms with Crippen LogP contribution in [0.25, 0.3) is 6.08 Å². The molecule has 3 N–H and O–H groups in total. The summed E-state index contributed by atoms with van der Waals surface area (Å²) in [5.41, 5.74) is 1.54. The third-order valence-electron chi connectivity index (χ3n) is 2.74. The van der Waals surface area contributed by atoms with Gasteiger partial charge in [0.2, 0.25) is 5.91 Å². The lowest BCUT2D eigenvalue weighted by Crippen LogP contribution is -2.11. The largest absolute Gasteiger partial charge is 0.477 e. The summed E-state index contributed by atoms with van der Waals surface area (Å²) in [4.78, 5) is 25.5. The number of hydrogen-bond acceptors (Lipinski definition) is 2. The van der Waals surface area contributed by atoms with E-state index in [4.69, 9.17) is 16.7 Å². The fourth-order valence-electron chi connectivity index (χ4n) is 1.81. The van der Waals surface area contributed by atoms with Crippen LogP contribution in [0.1, 0.15) is 21.7 Å². The number of amides is 1. The molecule has 1 amide bonds. The van der Waals surface area contributed by atoms with Crippen molar-refractivity contribution >= 4 is 35.2 Å². The average molecular weight is 305 g/mol. The lowest BCUT2D eigenvalue weighted by molar-refractivity contribution is -0.111. The number of rotatable bonds is 4. The molecular weight excluding hydrogens is 292 g/mol. The maximum absolute atomic E-state index is 11.8. The number of carbonyl (C=O) groups excluding carboxylic acids is 1. The Hall–Kier alpha value is -2.53. The van der Waals surface area contributed by atoms with Gasteiger partial charge in [0, 0.05) is 16.8 Å². The first-order chi connectivity index (χ1) is 9.97. The van der Waals surface area contributed by atoms with Crippen molar-refractivity contribution in [1.29, 1.82) is 0 Å². The molecular formula is C15H13ClN2O3. The predicted octanol–water partition coefficient (Wildman–Crippen LogP) is 3.33. The van der Waals surface area contributed by atoms with Crippen molar-refractivity contribution < 1.29 is 14.7 Å². The van der Waals surface area contributed by atoms with Crippen LogP contribution < -0.4 is 5.32 Å². The number of anilines is 1. The SMILES string of the molecule is Cc1cc(NC(=O)/C=C/c2ccccc2Cl)c(C(=O)O)[nH]1. The molecule has 0 aliphatic rings. The van der Waals surface area contributed by atoms with Crippen LogP contribution >= 0.6 is 11.6 Å². The highest BCUT2D eigenvalue weighted by molar-refractivity contribution is 6.32. The number of aromatic nitrogens is 1. The van der Waals surface area contributed by atoms with Crippen molar-refractivity contribution in [2.24, 2.45) is 0 Å². The van der Waals surface area contributed by atoms with E-state index in [1.54, 1.807) is 37.3 Å². The Labute approximate surface area is 126 Å². The van der Waals surface area contributed by atoms with Crippen molar-refractivity contribution in [2.75, 3.05) is 5.32 Å². The molecule has 0 aliphatic carbocycles. The van der Waals surface area contributed by atoms with E-state index in [0.29, 0.717) is 16.3 Å². The average Bonchev–Trinajstić information content (AvgIpc) is 2.79. The molecule has 1 aromatic carbocycles. The fraction of sp³-hybridized carbons (Fsp3) is 0.0667. The summed E-state index contributed by atoms with van der Waals surface area (Å²) in [7, 11) is 0. The van der Waals surface area contributed by atoms with Crippen molar-refractivity contribution in [3.05, 3.63) is 58.4 Å². The van der Waals surface area contributed by atoms with Crippen molar-refractivity contribution in [3.8, 4) is 0 Å². The molecule has 0 radical (unpaired) electrons. The molecule has 0 fully saturated rings. The number of benzene rings is 1. The number of halogens is 1. The molecule has 0 saturated heterocycles. The number of hydrogen-bond donors (Lipinski definition) is 3. The second-order valence-corrected chi connectivity index (χ2v) is 4.80. The maximum Gasteiger partial charge on any atom is 0.354 e. The third kappa shape index (κ3) is 3.73. The summed E-state index contributed by atoms with van der Waals surface area (Å²) in [6.45, 7) is 1.71. The highest BCUT2D eigenvalue weighted by Crippen LogP contribution is 2.18. The van der Waals surface area contributed by atoms with Crippen LogP contribution in [0.4, 0.5) is 5.69 Å². The summed E-state index contributed by atoms with van der Waals surface area (Å²) >= 11 is 5.97. The quantitative estimate of drug-likeness (QED) is 0.758. The lowest BCUT2D eigenvalue weighted by Gasteiger charge is -2.01. The van der Waals surface area contributed by atoms with E-state index in [-0.39, 0.29) is 11.4 Å². The highest BCUT2D eigenvalue weighted by atomic mass is 35.5. The molecule has 1 heterocycles. The smallest absolute Gasteiger partial charge is 0.354 e. The number of H-pyrrole nitrogens is 1. The topological polar surface area (TPSA) is 82.2 Å². The fourth-order valence-corrected chi connectivity index (χ4v) is 2.01. The number of aryl methyl sites for hydroxylation is 1. The number of aromatic amines is 1. The zero-order valence-electron chi connectivity index (χ0n) is 11.2. The Kier molecular flexibility index (Phi) is 4.45. The third-order valence-corrected chi connectivity index (χ3v) is 3.09. The number of carboxylic acid groups (broad SMARTS) is 1. The molecule has 0 aliphatic heterocycles. The molecule has 5 nitrogen and oxygen atoms in total. The van der Waals surface area contributed by atoms with Gasteiger partial charge in [-0.1, -0.05) is 29.8 Å². The number of nitrogens with one attached hydrogen (secondary N) is 2. The molecule has 2 rings (SSSR count). The van der Waals surface area contributed by atoms with Gasteiger partial charge in [0.1, 0.15) is 5.69 Å². The summed E-state index contributed by atoms with van der Waals surface area (Å²) < 4.78 is 0. The second kappa shape index (κ2) is 6.28. The van der Waals surface area contributed by atoms with Gasteiger partial charge in [0.15, 0.2) is 0 Å². The Morgan fingerprint density at radius 2 is 2.05 bits per heavy atom. The first kappa shape index (κ1) is 14.9. The van der Waals surface area contributed by atoms with Crippen LogP contribution in [0.3, 0.4) is 0 Å². The van der Waals surface area contributed by atoms with Crippen LogP contribution in [-0.4, -0.2) is 22.0 Å². The Morgan fingerprint density at radius 1 is 1.33 bits per heavy atom. The molecule has 0 spiro atoms. The summed E-state index contributed by atoms with van der Waals surface area (Å²) in [5.74, 6) is -1.56. The molecule has 1 aromatic heterocycles. The first-order valence-corrected chi connectivity index (χ1v) is 6.51. The summed E-state index contributed by atoms with van der Waals surface area (Å²) in [6.07, 6.45) is 2.87. The van der Waals surface area contributed by atoms with Gasteiger partial charge >= 0.3 is 5.97 Å². The van der Waals surface area contributed by atoms with Crippen molar-refractivity contribution in [3.63, 3.8) is 0 Å². The van der Waals surface area contributed by atoms with E-state index < -0.39 is 11.9 Å². The van der Waals surface area contributed by atoms with Crippen LogP contribution in [0, 0.1) is 6.92 Å². The number of carboxylic acids is 1. The molecule has 0 saturated carbocycles. The van der Waals surface area contributed by atoms with E-state index in [2.05, 4.69) is 10.3 Å². The zero-order valence-corrected chi connectivity index (χ0v) is 11.9. The lowest BCUT2D eigenvalue weighted by atomic mass is 10.2. The second-order valence-electron chi connectivity index (χ2n) is 4.39. The highest BCUT2D eigenvalue weighted by Gasteiger charge is 2.14. The van der Waals surface area contributed by atoms with E-state index in [1.165, 1.54) is 6.08 Å². The Morgan fingerprint density at radius 3 is 2.71 bits per heavy atom. The Balaban J connectivity index is 2.12. The molecule has 108 valence electrons. The van der Waals surface area contributed by atoms with E-state index in [0.717, 1.165) is 0 Å². The van der Waals surface area contributed by atoms with Gasteiger partial charge in [-0.25, -0.2) is 4.79 Å². The minimum atomic E-state index is -1.13. The van der Waals surface area contributed by atoms with Gasteiger partial charge in [-0.2, -0.15) is 0 Å². The monoisotopic (exact) mass is 304 g/mol. The predicted molar refractivity (Wildman–Crippen MR) is 81.6 cm³/mol. The van der Waals surface area contributed by atoms with Gasteiger partial charge < -0.3 is 15.4 Å². The minimum Gasteiger partial charge on any atom is -0.477 e. The van der Waals surface area contributed by atoms with Gasteiger partial charge in [0.05, 0.1) is 5.69 Å². The molecule has 0 bridgehead atoms. The standard InChI is InChI=1S/C15H13ClN2O3/c1-9-8-12(14(17-9)15(20)21)18-13(19)7-6-10-4-2-3-5-11(10)16/h2-8,17H,1H3,(H,18,19)(H,20,21)/b7-6+. The summed E-state index contributed by atoms with van der Waals surface area (Å²) in [6, 6.07) is 8.65. The molecule has 2 aromatic rings. The van der Waals surface area contributed by atoms with E-state index in [9.17, 15) is 9.59 Å².